The molecule has 33 heavy (non-hydrogen) atoms. The van der Waals surface area contributed by atoms with Crippen LogP contribution in [0.4, 0.5) is 5.69 Å². The summed E-state index contributed by atoms with van der Waals surface area (Å²) in [5, 5.41) is 24.4. The molecule has 9 nitrogen and oxygen atoms in total. The van der Waals surface area contributed by atoms with Crippen molar-refractivity contribution in [1.82, 2.24) is 4.90 Å². The number of amides is 1. The minimum atomic E-state index is -0.889. The Bertz CT molecular complexity index is 1090. The first-order valence-corrected chi connectivity index (χ1v) is 10.9. The summed E-state index contributed by atoms with van der Waals surface area (Å²) in [7, 11) is 0. The highest BCUT2D eigenvalue weighted by atomic mass is 16.6. The highest BCUT2D eigenvalue weighted by Crippen LogP contribution is 2.38. The Kier molecular flexibility index (Phi) is 6.52. The van der Waals surface area contributed by atoms with E-state index >= 15 is 0 Å². The third-order valence-electron chi connectivity index (χ3n) is 6.17. The lowest BCUT2D eigenvalue weighted by Gasteiger charge is -2.30. The Balaban J connectivity index is 1.74. The summed E-state index contributed by atoms with van der Waals surface area (Å²) in [6.07, 6.45) is 0. The van der Waals surface area contributed by atoms with Crippen LogP contribution < -0.4 is 10.0 Å². The molecule has 0 aliphatic carbocycles. The molecule has 172 valence electrons. The van der Waals surface area contributed by atoms with E-state index in [1.54, 1.807) is 24.3 Å². The number of morpholine rings is 1. The zero-order valence-corrected chi connectivity index (χ0v) is 18.3. The highest BCUT2D eigenvalue weighted by Gasteiger charge is 2.44. The van der Waals surface area contributed by atoms with E-state index < -0.39 is 28.4 Å². The third-order valence-corrected chi connectivity index (χ3v) is 6.17. The number of nitro groups is 1. The smallest absolute Gasteiger partial charge is 0.295 e. The molecular weight excluding hydrogens is 426 g/mol. The summed E-state index contributed by atoms with van der Waals surface area (Å²) in [5.41, 5.74) is 1.56. The fourth-order valence-electron chi connectivity index (χ4n) is 4.27. The van der Waals surface area contributed by atoms with E-state index in [-0.39, 0.29) is 17.8 Å². The zero-order chi connectivity index (χ0) is 23.5. The number of carbonyl (C=O) groups excluding carboxylic acids is 2. The fraction of sp³-hybridized carbons (Fsp3) is 0.333. The van der Waals surface area contributed by atoms with Gasteiger partial charge < -0.3 is 19.6 Å². The Morgan fingerprint density at radius 1 is 1.09 bits per heavy atom. The molecule has 4 rings (SSSR count). The number of carbonyl (C=O) groups is 2. The first kappa shape index (κ1) is 22.6. The lowest BCUT2D eigenvalue weighted by molar-refractivity contribution is -0.907. The van der Waals surface area contributed by atoms with Gasteiger partial charge in [0.1, 0.15) is 13.1 Å². The first-order valence-electron chi connectivity index (χ1n) is 10.9. The highest BCUT2D eigenvalue weighted by molar-refractivity contribution is 6.46. The Morgan fingerprint density at radius 3 is 2.33 bits per heavy atom. The standard InChI is InChI=1S/C24H25N3O6/c1-16-2-4-18(5-3-16)22(28)20-21(17-6-8-19(9-7-17)27(31)32)26(24(30)23(20)29)11-10-25-12-14-33-15-13-25/h2-9,21,28H,10-15H2,1H3. The molecule has 2 aliphatic rings. The molecule has 1 unspecified atom stereocenters. The van der Waals surface area contributed by atoms with Crippen molar-refractivity contribution in [2.45, 2.75) is 13.0 Å². The molecule has 9 heteroatoms. The average molecular weight is 451 g/mol. The minimum Gasteiger partial charge on any atom is -0.872 e. The van der Waals surface area contributed by atoms with Crippen LogP contribution in [0, 0.1) is 17.0 Å². The van der Waals surface area contributed by atoms with Crippen LogP contribution >= 0.6 is 0 Å². The second-order valence-corrected chi connectivity index (χ2v) is 8.30. The van der Waals surface area contributed by atoms with Gasteiger partial charge >= 0.3 is 0 Å². The Hall–Kier alpha value is -3.56. The van der Waals surface area contributed by atoms with E-state index in [2.05, 4.69) is 0 Å². The molecule has 2 aliphatic heterocycles. The molecule has 2 aromatic rings. The summed E-state index contributed by atoms with van der Waals surface area (Å²) in [5.74, 6) is -2.04. The lowest BCUT2D eigenvalue weighted by atomic mass is 9.95. The number of rotatable bonds is 6. The lowest BCUT2D eigenvalue weighted by Crippen LogP contribution is -3.14. The summed E-state index contributed by atoms with van der Waals surface area (Å²) < 4.78 is 5.38. The van der Waals surface area contributed by atoms with Crippen LogP contribution in [0.3, 0.4) is 0 Å². The monoisotopic (exact) mass is 451 g/mol. The van der Waals surface area contributed by atoms with Gasteiger partial charge in [0.05, 0.1) is 37.3 Å². The van der Waals surface area contributed by atoms with Crippen LogP contribution in [0.1, 0.15) is 22.7 Å². The van der Waals surface area contributed by atoms with Gasteiger partial charge in [-0.1, -0.05) is 35.6 Å². The number of likely N-dealkylation sites (tertiary alicyclic amines) is 1. The first-order chi connectivity index (χ1) is 15.9. The van der Waals surface area contributed by atoms with Gasteiger partial charge in [-0.3, -0.25) is 19.7 Å². The van der Waals surface area contributed by atoms with E-state index in [0.717, 1.165) is 18.7 Å². The normalized spacial score (nSPS) is 20.9. The van der Waals surface area contributed by atoms with Crippen molar-refractivity contribution in [3.63, 3.8) is 0 Å². The number of hydrogen-bond donors (Lipinski definition) is 1. The predicted octanol–water partition coefficient (Wildman–Crippen LogP) is 0.0423. The summed E-state index contributed by atoms with van der Waals surface area (Å²) in [6, 6.07) is 11.6. The molecule has 2 fully saturated rings. The van der Waals surface area contributed by atoms with E-state index in [1.807, 2.05) is 6.92 Å². The third kappa shape index (κ3) is 4.64. The average Bonchev–Trinajstić information content (AvgIpc) is 3.08. The number of nitro benzene ring substituents is 1. The zero-order valence-electron chi connectivity index (χ0n) is 18.3. The van der Waals surface area contributed by atoms with E-state index in [9.17, 15) is 24.8 Å². The van der Waals surface area contributed by atoms with Gasteiger partial charge in [0, 0.05) is 17.7 Å². The van der Waals surface area contributed by atoms with Crippen molar-refractivity contribution in [3.8, 4) is 0 Å². The van der Waals surface area contributed by atoms with Crippen molar-refractivity contribution < 1.29 is 29.3 Å². The topological polar surface area (TPSA) is 117 Å². The molecule has 0 radical (unpaired) electrons. The number of nitrogens with one attached hydrogen (secondary N) is 1. The molecule has 0 saturated carbocycles. The molecule has 1 amide bonds. The largest absolute Gasteiger partial charge is 0.872 e. The van der Waals surface area contributed by atoms with Crippen molar-refractivity contribution in [1.29, 1.82) is 0 Å². The maximum Gasteiger partial charge on any atom is 0.295 e. The maximum absolute atomic E-state index is 13.4. The van der Waals surface area contributed by atoms with Crippen molar-refractivity contribution in [2.24, 2.45) is 0 Å². The van der Waals surface area contributed by atoms with Gasteiger partial charge in [-0.15, -0.1) is 0 Å². The fourth-order valence-corrected chi connectivity index (χ4v) is 4.27. The van der Waals surface area contributed by atoms with Gasteiger partial charge in [0.2, 0.25) is 5.78 Å². The number of hydrogen-bond acceptors (Lipinski definition) is 6. The maximum atomic E-state index is 13.4. The second-order valence-electron chi connectivity index (χ2n) is 8.30. The number of ether oxygens (including phenoxy) is 1. The number of Topliss-reactive ketones (excluding diaryl/α,β-unsaturated/α-hetero) is 1. The Morgan fingerprint density at radius 2 is 1.73 bits per heavy atom. The molecule has 0 spiro atoms. The van der Waals surface area contributed by atoms with Crippen molar-refractivity contribution >= 4 is 23.1 Å². The minimum absolute atomic E-state index is 0.106. The summed E-state index contributed by atoms with van der Waals surface area (Å²) >= 11 is 0. The molecule has 2 aromatic carbocycles. The Labute approximate surface area is 191 Å². The van der Waals surface area contributed by atoms with Gasteiger partial charge in [-0.05, 0) is 30.2 Å². The summed E-state index contributed by atoms with van der Waals surface area (Å²) in [4.78, 5) is 39.3. The molecular formula is C24H25N3O6. The van der Waals surface area contributed by atoms with Gasteiger partial charge in [-0.25, -0.2) is 0 Å². The van der Waals surface area contributed by atoms with Gasteiger partial charge in [0.25, 0.3) is 11.6 Å². The van der Waals surface area contributed by atoms with E-state index in [1.165, 1.54) is 34.1 Å². The quantitative estimate of drug-likeness (QED) is 0.218. The molecule has 2 saturated heterocycles. The molecule has 0 bridgehead atoms. The van der Waals surface area contributed by atoms with Gasteiger partial charge in [0.15, 0.2) is 0 Å². The number of ketones is 1. The molecule has 0 aromatic heterocycles. The van der Waals surface area contributed by atoms with Crippen LogP contribution in [0.25, 0.3) is 5.76 Å². The van der Waals surface area contributed by atoms with Crippen LogP contribution in [0.15, 0.2) is 54.1 Å². The van der Waals surface area contributed by atoms with E-state index in [0.29, 0.717) is 30.9 Å². The summed E-state index contributed by atoms with van der Waals surface area (Å²) in [6.45, 7) is 5.66. The SMILES string of the molecule is Cc1ccc(C([O-])=C2C(=O)C(=O)N(CC[NH+]3CCOCC3)C2c2ccc([N+](=O)[O-])cc2)cc1. The van der Waals surface area contributed by atoms with Crippen LogP contribution in [0.5, 0.6) is 0 Å². The van der Waals surface area contributed by atoms with Crippen molar-refractivity contribution in [3.05, 3.63) is 80.9 Å². The number of non-ortho nitro benzene ring substituents is 1. The molecule has 1 atom stereocenters. The number of nitrogens with zero attached hydrogens (tertiary/aromatic N) is 2. The molecule has 1 N–H and O–H groups in total. The molecule has 2 heterocycles. The number of quaternary nitrogens is 1. The number of aryl methyl sites for hydroxylation is 1. The van der Waals surface area contributed by atoms with Crippen molar-refractivity contribution in [2.75, 3.05) is 39.4 Å². The number of benzene rings is 2. The predicted molar refractivity (Wildman–Crippen MR) is 117 cm³/mol. The van der Waals surface area contributed by atoms with Crippen LogP contribution in [-0.2, 0) is 14.3 Å². The second kappa shape index (κ2) is 9.51. The van der Waals surface area contributed by atoms with Crippen LogP contribution in [0.2, 0.25) is 0 Å². The van der Waals surface area contributed by atoms with E-state index in [4.69, 9.17) is 4.74 Å². The van der Waals surface area contributed by atoms with Gasteiger partial charge in [-0.2, -0.15) is 0 Å². The van der Waals surface area contributed by atoms with Crippen LogP contribution in [-0.4, -0.2) is 60.9 Å².